The van der Waals surface area contributed by atoms with Gasteiger partial charge in [-0.25, -0.2) is 5.43 Å². The Morgan fingerprint density at radius 1 is 1.41 bits per heavy atom. The minimum absolute atomic E-state index is 0.0205. The molecule has 0 atom stereocenters. The SMILES string of the molecule is COc1cc(/C=N/NC(=O)Cn2ccccc2=O)ccc1O. The number of pyridine rings is 1. The van der Waals surface area contributed by atoms with Gasteiger partial charge >= 0.3 is 0 Å². The minimum atomic E-state index is -0.421. The number of carbonyl (C=O) groups is 1. The van der Waals surface area contributed by atoms with Gasteiger partial charge < -0.3 is 14.4 Å². The number of nitrogens with zero attached hydrogens (tertiary/aromatic N) is 2. The average Bonchev–Trinajstić information content (AvgIpc) is 2.51. The average molecular weight is 301 g/mol. The molecule has 7 nitrogen and oxygen atoms in total. The van der Waals surface area contributed by atoms with Crippen LogP contribution in [-0.2, 0) is 11.3 Å². The van der Waals surface area contributed by atoms with Gasteiger partial charge in [0.2, 0.25) is 0 Å². The van der Waals surface area contributed by atoms with E-state index in [1.807, 2.05) is 0 Å². The molecular formula is C15H15N3O4. The molecule has 2 rings (SSSR count). The topological polar surface area (TPSA) is 92.9 Å². The number of hydrogen-bond donors (Lipinski definition) is 2. The van der Waals surface area contributed by atoms with E-state index in [1.165, 1.54) is 36.2 Å². The van der Waals surface area contributed by atoms with Crippen LogP contribution in [0, 0.1) is 0 Å². The van der Waals surface area contributed by atoms with Crippen molar-refractivity contribution in [1.29, 1.82) is 0 Å². The van der Waals surface area contributed by atoms with Crippen LogP contribution in [0.25, 0.3) is 0 Å². The number of hydrazone groups is 1. The highest BCUT2D eigenvalue weighted by Gasteiger charge is 2.03. The molecule has 0 radical (unpaired) electrons. The summed E-state index contributed by atoms with van der Waals surface area (Å²) in [6.45, 7) is -0.115. The second-order valence-corrected chi connectivity index (χ2v) is 4.39. The smallest absolute Gasteiger partial charge is 0.260 e. The second-order valence-electron chi connectivity index (χ2n) is 4.39. The Labute approximate surface area is 126 Å². The van der Waals surface area contributed by atoms with Crippen LogP contribution in [-0.4, -0.2) is 28.9 Å². The quantitative estimate of drug-likeness (QED) is 0.628. The molecule has 114 valence electrons. The Kier molecular flexibility index (Phi) is 4.92. The Bertz CT molecular complexity index is 752. The maximum absolute atomic E-state index is 11.7. The first-order valence-corrected chi connectivity index (χ1v) is 6.44. The molecule has 0 bridgehead atoms. The van der Waals surface area contributed by atoms with Crippen molar-refractivity contribution in [3.63, 3.8) is 0 Å². The lowest BCUT2D eigenvalue weighted by Crippen LogP contribution is -2.28. The standard InChI is InChI=1S/C15H15N3O4/c1-22-13-8-11(5-6-12(13)19)9-16-17-14(20)10-18-7-3-2-4-15(18)21/h2-9,19H,10H2,1H3,(H,17,20)/b16-9+. The zero-order chi connectivity index (χ0) is 15.9. The van der Waals surface area contributed by atoms with E-state index in [4.69, 9.17) is 4.74 Å². The van der Waals surface area contributed by atoms with Gasteiger partial charge in [-0.3, -0.25) is 9.59 Å². The van der Waals surface area contributed by atoms with Gasteiger partial charge in [0.25, 0.3) is 11.5 Å². The number of phenols is 1. The van der Waals surface area contributed by atoms with Gasteiger partial charge in [-0.2, -0.15) is 5.10 Å². The maximum atomic E-state index is 11.7. The summed E-state index contributed by atoms with van der Waals surface area (Å²) in [6.07, 6.45) is 2.93. The molecule has 7 heteroatoms. The fourth-order valence-corrected chi connectivity index (χ4v) is 1.73. The summed E-state index contributed by atoms with van der Waals surface area (Å²) < 4.78 is 6.24. The molecule has 0 saturated heterocycles. The number of carbonyl (C=O) groups excluding carboxylic acids is 1. The number of ether oxygens (including phenoxy) is 1. The van der Waals surface area contributed by atoms with E-state index in [2.05, 4.69) is 10.5 Å². The Balaban J connectivity index is 1.96. The third-order valence-electron chi connectivity index (χ3n) is 2.82. The van der Waals surface area contributed by atoms with Gasteiger partial charge in [-0.1, -0.05) is 6.07 Å². The number of aromatic nitrogens is 1. The predicted octanol–water partition coefficient (Wildman–Crippen LogP) is 0.713. The first-order chi connectivity index (χ1) is 10.6. The fourth-order valence-electron chi connectivity index (χ4n) is 1.73. The molecule has 0 saturated carbocycles. The van der Waals surface area contributed by atoms with E-state index in [1.54, 1.807) is 24.3 Å². The van der Waals surface area contributed by atoms with Gasteiger partial charge in [-0.15, -0.1) is 0 Å². The first kappa shape index (κ1) is 15.3. The predicted molar refractivity (Wildman–Crippen MR) is 81.1 cm³/mol. The van der Waals surface area contributed by atoms with Crippen LogP contribution in [0.4, 0.5) is 0 Å². The third kappa shape index (κ3) is 3.95. The van der Waals surface area contributed by atoms with Crippen molar-refractivity contribution in [2.75, 3.05) is 7.11 Å². The van der Waals surface area contributed by atoms with E-state index in [0.29, 0.717) is 11.3 Å². The largest absolute Gasteiger partial charge is 0.504 e. The van der Waals surface area contributed by atoms with Gasteiger partial charge in [-0.05, 0) is 29.8 Å². The van der Waals surface area contributed by atoms with Crippen LogP contribution >= 0.6 is 0 Å². The van der Waals surface area contributed by atoms with Crippen LogP contribution in [0.1, 0.15) is 5.56 Å². The molecule has 1 aromatic heterocycles. The Morgan fingerprint density at radius 2 is 2.23 bits per heavy atom. The first-order valence-electron chi connectivity index (χ1n) is 6.44. The molecule has 22 heavy (non-hydrogen) atoms. The molecule has 0 aliphatic rings. The fraction of sp³-hybridized carbons (Fsp3) is 0.133. The summed E-state index contributed by atoms with van der Waals surface area (Å²) in [7, 11) is 1.44. The molecular weight excluding hydrogens is 286 g/mol. The van der Waals surface area contributed by atoms with Crippen LogP contribution in [0.15, 0.2) is 52.5 Å². The molecule has 0 spiro atoms. The summed E-state index contributed by atoms with van der Waals surface area (Å²) in [4.78, 5) is 23.1. The van der Waals surface area contributed by atoms with Crippen molar-refractivity contribution < 1.29 is 14.6 Å². The second kappa shape index (κ2) is 7.07. The number of amides is 1. The van der Waals surface area contributed by atoms with Gasteiger partial charge in [0.1, 0.15) is 6.54 Å². The molecule has 0 fully saturated rings. The van der Waals surface area contributed by atoms with Gasteiger partial charge in [0.15, 0.2) is 11.5 Å². The molecule has 1 heterocycles. The summed E-state index contributed by atoms with van der Waals surface area (Å²) in [5.41, 5.74) is 2.71. The molecule has 1 amide bonds. The van der Waals surface area contributed by atoms with Crippen LogP contribution in [0.2, 0.25) is 0 Å². The van der Waals surface area contributed by atoms with Crippen molar-refractivity contribution in [3.8, 4) is 11.5 Å². The molecule has 0 unspecified atom stereocenters. The molecule has 2 aromatic rings. The lowest BCUT2D eigenvalue weighted by atomic mass is 10.2. The van der Waals surface area contributed by atoms with E-state index < -0.39 is 5.91 Å². The number of phenolic OH excluding ortho intramolecular Hbond substituents is 1. The van der Waals surface area contributed by atoms with Crippen molar-refractivity contribution in [2.45, 2.75) is 6.54 Å². The Hall–Kier alpha value is -3.09. The van der Waals surface area contributed by atoms with E-state index >= 15 is 0 Å². The van der Waals surface area contributed by atoms with Crippen molar-refractivity contribution in [2.24, 2.45) is 5.10 Å². The number of benzene rings is 1. The zero-order valence-corrected chi connectivity index (χ0v) is 11.9. The maximum Gasteiger partial charge on any atom is 0.260 e. The lowest BCUT2D eigenvalue weighted by Gasteiger charge is -2.04. The molecule has 1 aromatic carbocycles. The highest BCUT2D eigenvalue weighted by atomic mass is 16.5. The van der Waals surface area contributed by atoms with E-state index in [9.17, 15) is 14.7 Å². The minimum Gasteiger partial charge on any atom is -0.504 e. The highest BCUT2D eigenvalue weighted by Crippen LogP contribution is 2.25. The molecule has 0 aliphatic carbocycles. The molecule has 0 aliphatic heterocycles. The highest BCUT2D eigenvalue weighted by molar-refractivity contribution is 5.83. The van der Waals surface area contributed by atoms with E-state index in [-0.39, 0.29) is 17.9 Å². The number of aromatic hydroxyl groups is 1. The Morgan fingerprint density at radius 3 is 2.95 bits per heavy atom. The van der Waals surface area contributed by atoms with Crippen LogP contribution in [0.3, 0.4) is 0 Å². The lowest BCUT2D eigenvalue weighted by molar-refractivity contribution is -0.121. The van der Waals surface area contributed by atoms with Crippen molar-refractivity contribution in [1.82, 2.24) is 9.99 Å². The monoisotopic (exact) mass is 301 g/mol. The van der Waals surface area contributed by atoms with E-state index in [0.717, 1.165) is 0 Å². The summed E-state index contributed by atoms with van der Waals surface area (Å²) >= 11 is 0. The zero-order valence-electron chi connectivity index (χ0n) is 11.9. The van der Waals surface area contributed by atoms with Crippen LogP contribution < -0.4 is 15.7 Å². The number of methoxy groups -OCH3 is 1. The van der Waals surface area contributed by atoms with Crippen molar-refractivity contribution >= 4 is 12.1 Å². The normalized spacial score (nSPS) is 10.6. The van der Waals surface area contributed by atoms with Crippen molar-refractivity contribution in [3.05, 3.63) is 58.5 Å². The van der Waals surface area contributed by atoms with Crippen LogP contribution in [0.5, 0.6) is 11.5 Å². The molecule has 2 N–H and O–H groups in total. The number of nitrogens with one attached hydrogen (secondary N) is 1. The van der Waals surface area contributed by atoms with Gasteiger partial charge in [0.05, 0.1) is 13.3 Å². The number of hydrogen-bond acceptors (Lipinski definition) is 5. The van der Waals surface area contributed by atoms with Gasteiger partial charge in [0, 0.05) is 12.3 Å². The number of rotatable bonds is 5. The summed E-state index contributed by atoms with van der Waals surface area (Å²) in [5.74, 6) is -0.0893. The third-order valence-corrected chi connectivity index (χ3v) is 2.82. The summed E-state index contributed by atoms with van der Waals surface area (Å²) in [6, 6.07) is 9.31. The summed E-state index contributed by atoms with van der Waals surface area (Å²) in [5, 5.41) is 13.3.